The van der Waals surface area contributed by atoms with Gasteiger partial charge < -0.3 is 29.9 Å². The summed E-state index contributed by atoms with van der Waals surface area (Å²) in [5.41, 5.74) is -2.23. The van der Waals surface area contributed by atoms with Gasteiger partial charge in [0.25, 0.3) is 0 Å². The van der Waals surface area contributed by atoms with Crippen molar-refractivity contribution in [3.8, 4) is 11.5 Å². The Hall–Kier alpha value is -3.62. The molecule has 0 saturated heterocycles. The van der Waals surface area contributed by atoms with Crippen LogP contribution in [0.5, 0.6) is 11.5 Å². The molecule has 8 heteroatoms. The first-order chi connectivity index (χ1) is 17.1. The second kappa shape index (κ2) is 11.6. The summed E-state index contributed by atoms with van der Waals surface area (Å²) in [7, 11) is 0. The molecule has 0 amide bonds. The van der Waals surface area contributed by atoms with Crippen molar-refractivity contribution in [1.29, 1.82) is 0 Å². The average Bonchev–Trinajstić information content (AvgIpc) is 2.81. The molecule has 0 aromatic heterocycles. The standard InChI is InChI=1S/C29H36O8/c1-27(2,3)25(34)36-21-11-7-19(8-12-21)15-23(32)29(17-30,18-31)24(33)16-20-9-13-22(14-10-20)37-26(35)28(4,5)6/h7-16,30-33H,17-18H2,1-6H3. The third kappa shape index (κ3) is 7.68. The molecule has 0 atom stereocenters. The van der Waals surface area contributed by atoms with E-state index in [1.54, 1.807) is 90.1 Å². The fraction of sp³-hybridized carbons (Fsp3) is 0.379. The summed E-state index contributed by atoms with van der Waals surface area (Å²) in [6, 6.07) is 12.5. The van der Waals surface area contributed by atoms with Crippen LogP contribution in [0.1, 0.15) is 52.7 Å². The minimum atomic E-state index is -1.87. The Morgan fingerprint density at radius 2 is 0.946 bits per heavy atom. The van der Waals surface area contributed by atoms with Gasteiger partial charge in [0, 0.05) is 0 Å². The lowest BCUT2D eigenvalue weighted by atomic mass is 9.83. The SMILES string of the molecule is CC(C)(C)C(=O)Oc1ccc(C=C(O)C(CO)(CO)C(O)=Cc2ccc(OC(=O)C(C)(C)C)cc2)cc1. The Labute approximate surface area is 217 Å². The molecular formula is C29H36O8. The lowest BCUT2D eigenvalue weighted by molar-refractivity contribution is -0.143. The van der Waals surface area contributed by atoms with Gasteiger partial charge in [-0.2, -0.15) is 0 Å². The molecule has 0 heterocycles. The van der Waals surface area contributed by atoms with Crippen LogP contribution in [0.3, 0.4) is 0 Å². The quantitative estimate of drug-likeness (QED) is 0.219. The molecule has 0 aliphatic carbocycles. The monoisotopic (exact) mass is 512 g/mol. The molecule has 0 radical (unpaired) electrons. The zero-order chi connectivity index (χ0) is 28.0. The molecule has 37 heavy (non-hydrogen) atoms. The van der Waals surface area contributed by atoms with Gasteiger partial charge in [0.05, 0.1) is 24.0 Å². The van der Waals surface area contributed by atoms with Gasteiger partial charge in [0.2, 0.25) is 0 Å². The third-order valence-corrected chi connectivity index (χ3v) is 5.53. The van der Waals surface area contributed by atoms with Crippen LogP contribution in [-0.2, 0) is 9.59 Å². The Balaban J connectivity index is 2.26. The zero-order valence-corrected chi connectivity index (χ0v) is 22.1. The van der Waals surface area contributed by atoms with Crippen LogP contribution in [0.25, 0.3) is 12.2 Å². The number of esters is 2. The first kappa shape index (κ1) is 29.6. The summed E-state index contributed by atoms with van der Waals surface area (Å²) >= 11 is 0. The van der Waals surface area contributed by atoms with Gasteiger partial charge in [-0.05, 0) is 89.1 Å². The number of aliphatic hydroxyl groups is 4. The van der Waals surface area contributed by atoms with E-state index in [1.807, 2.05) is 0 Å². The minimum Gasteiger partial charge on any atom is -0.511 e. The predicted octanol–water partition coefficient (Wildman–Crippen LogP) is 5.06. The lowest BCUT2D eigenvalue weighted by Gasteiger charge is -2.28. The number of rotatable bonds is 8. The number of carbonyl (C=O) groups is 2. The molecule has 2 aromatic carbocycles. The maximum Gasteiger partial charge on any atom is 0.316 e. The van der Waals surface area contributed by atoms with E-state index in [0.717, 1.165) is 0 Å². The van der Waals surface area contributed by atoms with Gasteiger partial charge in [-0.3, -0.25) is 9.59 Å². The highest BCUT2D eigenvalue weighted by Crippen LogP contribution is 2.35. The summed E-state index contributed by atoms with van der Waals surface area (Å²) in [5.74, 6) is -1.08. The summed E-state index contributed by atoms with van der Waals surface area (Å²) < 4.78 is 10.6. The van der Waals surface area contributed by atoms with E-state index in [-0.39, 0.29) is 0 Å². The van der Waals surface area contributed by atoms with Gasteiger partial charge in [-0.1, -0.05) is 24.3 Å². The smallest absolute Gasteiger partial charge is 0.316 e. The van der Waals surface area contributed by atoms with E-state index in [9.17, 15) is 30.0 Å². The summed E-state index contributed by atoms with van der Waals surface area (Å²) in [6.45, 7) is 8.88. The van der Waals surface area contributed by atoms with Crippen molar-refractivity contribution in [2.75, 3.05) is 13.2 Å². The zero-order valence-electron chi connectivity index (χ0n) is 22.1. The fourth-order valence-electron chi connectivity index (χ4n) is 2.88. The normalized spacial score (nSPS) is 13.3. The second-order valence-corrected chi connectivity index (χ2v) is 10.9. The van der Waals surface area contributed by atoms with E-state index in [2.05, 4.69) is 0 Å². The molecule has 4 N–H and O–H groups in total. The van der Waals surface area contributed by atoms with Crippen LogP contribution in [0.15, 0.2) is 60.0 Å². The van der Waals surface area contributed by atoms with Crippen molar-refractivity contribution in [3.63, 3.8) is 0 Å². The summed E-state index contributed by atoms with van der Waals surface area (Å²) in [6.07, 6.45) is 2.59. The van der Waals surface area contributed by atoms with Crippen molar-refractivity contribution in [3.05, 3.63) is 71.2 Å². The Kier molecular flexibility index (Phi) is 9.30. The highest BCUT2D eigenvalue weighted by Gasteiger charge is 2.38. The van der Waals surface area contributed by atoms with Gasteiger partial charge in [-0.25, -0.2) is 0 Å². The molecule has 0 unspecified atom stereocenters. The van der Waals surface area contributed by atoms with Crippen LogP contribution in [0.4, 0.5) is 0 Å². The predicted molar refractivity (Wildman–Crippen MR) is 141 cm³/mol. The number of hydrogen-bond donors (Lipinski definition) is 4. The maximum atomic E-state index is 12.1. The summed E-state index contributed by atoms with van der Waals surface area (Å²) in [4.78, 5) is 24.1. The fourth-order valence-corrected chi connectivity index (χ4v) is 2.88. The molecule has 0 aliphatic rings. The van der Waals surface area contributed by atoms with Crippen LogP contribution in [-0.4, -0.2) is 45.6 Å². The topological polar surface area (TPSA) is 134 Å². The molecule has 2 rings (SSSR count). The number of benzene rings is 2. The molecular weight excluding hydrogens is 476 g/mol. The van der Waals surface area contributed by atoms with E-state index < -0.39 is 52.9 Å². The third-order valence-electron chi connectivity index (χ3n) is 5.53. The molecule has 200 valence electrons. The van der Waals surface area contributed by atoms with Crippen LogP contribution in [0, 0.1) is 16.2 Å². The van der Waals surface area contributed by atoms with Crippen molar-refractivity contribution in [2.24, 2.45) is 16.2 Å². The molecule has 2 aromatic rings. The molecule has 0 aliphatic heterocycles. The van der Waals surface area contributed by atoms with Crippen LogP contribution < -0.4 is 9.47 Å². The van der Waals surface area contributed by atoms with Crippen molar-refractivity contribution < 1.29 is 39.5 Å². The van der Waals surface area contributed by atoms with Crippen molar-refractivity contribution >= 4 is 24.1 Å². The van der Waals surface area contributed by atoms with E-state index in [1.165, 1.54) is 12.2 Å². The van der Waals surface area contributed by atoms with E-state index in [4.69, 9.17) is 9.47 Å². The van der Waals surface area contributed by atoms with Gasteiger partial charge in [-0.15, -0.1) is 0 Å². The number of aliphatic hydroxyl groups excluding tert-OH is 4. The minimum absolute atomic E-state index is 0.325. The first-order valence-electron chi connectivity index (χ1n) is 11.8. The molecule has 0 spiro atoms. The largest absolute Gasteiger partial charge is 0.511 e. The average molecular weight is 513 g/mol. The van der Waals surface area contributed by atoms with E-state index in [0.29, 0.717) is 22.6 Å². The van der Waals surface area contributed by atoms with Crippen molar-refractivity contribution in [2.45, 2.75) is 41.5 Å². The molecule has 0 saturated carbocycles. The Morgan fingerprint density at radius 1 is 0.649 bits per heavy atom. The van der Waals surface area contributed by atoms with Crippen LogP contribution >= 0.6 is 0 Å². The Bertz CT molecular complexity index is 1050. The summed E-state index contributed by atoms with van der Waals surface area (Å²) in [5, 5.41) is 41.7. The molecule has 0 fully saturated rings. The highest BCUT2D eigenvalue weighted by atomic mass is 16.5. The van der Waals surface area contributed by atoms with Crippen LogP contribution in [0.2, 0.25) is 0 Å². The lowest BCUT2D eigenvalue weighted by Crippen LogP contribution is -2.34. The molecule has 0 bridgehead atoms. The molecule has 8 nitrogen and oxygen atoms in total. The van der Waals surface area contributed by atoms with E-state index >= 15 is 0 Å². The number of ether oxygens (including phenoxy) is 2. The Morgan fingerprint density at radius 3 is 1.19 bits per heavy atom. The number of carbonyl (C=O) groups excluding carboxylic acids is 2. The highest BCUT2D eigenvalue weighted by molar-refractivity contribution is 5.78. The number of hydrogen-bond acceptors (Lipinski definition) is 8. The van der Waals surface area contributed by atoms with Crippen molar-refractivity contribution in [1.82, 2.24) is 0 Å². The maximum absolute atomic E-state index is 12.1. The van der Waals surface area contributed by atoms with Gasteiger partial charge >= 0.3 is 11.9 Å². The second-order valence-electron chi connectivity index (χ2n) is 10.9. The van der Waals surface area contributed by atoms with Gasteiger partial charge in [0.1, 0.15) is 28.4 Å². The van der Waals surface area contributed by atoms with Gasteiger partial charge in [0.15, 0.2) is 0 Å². The first-order valence-corrected chi connectivity index (χ1v) is 11.8.